The number of carboxylic acid groups (broad SMARTS) is 1. The van der Waals surface area contributed by atoms with Crippen molar-refractivity contribution in [1.29, 1.82) is 0 Å². The molecule has 4 heteroatoms. The van der Waals surface area contributed by atoms with Crippen LogP contribution in [-0.4, -0.2) is 35.0 Å². The lowest BCUT2D eigenvalue weighted by Gasteiger charge is -2.28. The molecule has 0 aromatic carbocycles. The number of hydrogen-bond acceptors (Lipinski definition) is 2. The number of likely N-dealkylation sites (tertiary alicyclic amines) is 1. The Hall–Kier alpha value is -1.32. The Morgan fingerprint density at radius 2 is 1.87 bits per heavy atom. The lowest BCUT2D eigenvalue weighted by Crippen LogP contribution is -2.37. The van der Waals surface area contributed by atoms with Crippen LogP contribution in [-0.2, 0) is 9.59 Å². The molecule has 2 unspecified atom stereocenters. The number of piperidine rings is 1. The van der Waals surface area contributed by atoms with Crippen molar-refractivity contribution in [2.24, 2.45) is 11.8 Å². The molecule has 1 N–H and O–H groups in total. The van der Waals surface area contributed by atoms with Crippen LogP contribution < -0.4 is 0 Å². The minimum absolute atomic E-state index is 0.0231. The molecule has 1 amide bonds. The van der Waals surface area contributed by atoms with E-state index in [1.54, 1.807) is 4.90 Å². The predicted octanol–water partition coefficient (Wildman–Crippen LogP) is 0.886. The van der Waals surface area contributed by atoms with Gasteiger partial charge in [0.15, 0.2) is 0 Å². The summed E-state index contributed by atoms with van der Waals surface area (Å²) in [4.78, 5) is 24.2. The van der Waals surface area contributed by atoms with Crippen LogP contribution in [0.15, 0.2) is 12.2 Å². The molecule has 1 aliphatic carbocycles. The molecule has 1 aliphatic heterocycles. The molecule has 0 radical (unpaired) electrons. The Balaban J connectivity index is 1.87. The van der Waals surface area contributed by atoms with E-state index in [0.717, 1.165) is 12.8 Å². The number of aliphatic carboxylic acids is 1. The van der Waals surface area contributed by atoms with Crippen LogP contribution in [0.25, 0.3) is 0 Å². The lowest BCUT2D eigenvalue weighted by atomic mass is 10.1. The highest BCUT2D eigenvalue weighted by atomic mass is 16.4. The Labute approximate surface area is 88.6 Å². The van der Waals surface area contributed by atoms with Gasteiger partial charge in [0.2, 0.25) is 5.91 Å². The summed E-state index contributed by atoms with van der Waals surface area (Å²) < 4.78 is 0. The molecule has 2 rings (SSSR count). The minimum Gasteiger partial charge on any atom is -0.481 e. The summed E-state index contributed by atoms with van der Waals surface area (Å²) >= 11 is 0. The maximum absolute atomic E-state index is 11.8. The number of carboxylic acids is 1. The Morgan fingerprint density at radius 3 is 2.33 bits per heavy atom. The lowest BCUT2D eigenvalue weighted by molar-refractivity contribution is -0.142. The number of carbonyl (C=O) groups is 2. The van der Waals surface area contributed by atoms with Crippen molar-refractivity contribution >= 4 is 11.9 Å². The molecule has 2 aliphatic rings. The molecule has 0 aromatic rings. The van der Waals surface area contributed by atoms with Gasteiger partial charge in [-0.2, -0.15) is 0 Å². The van der Waals surface area contributed by atoms with E-state index in [1.807, 2.05) is 0 Å². The normalized spacial score (nSPS) is 30.1. The highest BCUT2D eigenvalue weighted by molar-refractivity contribution is 5.89. The zero-order chi connectivity index (χ0) is 11.0. The van der Waals surface area contributed by atoms with Crippen LogP contribution in [0.2, 0.25) is 0 Å². The molecule has 0 spiro atoms. The highest BCUT2D eigenvalue weighted by Gasteiger charge is 2.49. The van der Waals surface area contributed by atoms with E-state index < -0.39 is 11.9 Å². The molecule has 2 fully saturated rings. The molecule has 4 nitrogen and oxygen atoms in total. The fourth-order valence-corrected chi connectivity index (χ4v) is 2.02. The summed E-state index contributed by atoms with van der Waals surface area (Å²) in [5.41, 5.74) is 1.18. The molecule has 0 bridgehead atoms. The maximum atomic E-state index is 11.8. The van der Waals surface area contributed by atoms with Crippen molar-refractivity contribution in [3.63, 3.8) is 0 Å². The topological polar surface area (TPSA) is 57.6 Å². The molecule has 0 aromatic heterocycles. The van der Waals surface area contributed by atoms with Gasteiger partial charge in [-0.1, -0.05) is 12.2 Å². The van der Waals surface area contributed by atoms with Crippen molar-refractivity contribution in [3.8, 4) is 0 Å². The summed E-state index contributed by atoms with van der Waals surface area (Å²) in [6.45, 7) is 5.30. The Kier molecular flexibility index (Phi) is 2.50. The van der Waals surface area contributed by atoms with Crippen LogP contribution >= 0.6 is 0 Å². The van der Waals surface area contributed by atoms with Gasteiger partial charge in [0, 0.05) is 13.1 Å². The fraction of sp³-hybridized carbons (Fsp3) is 0.636. The van der Waals surface area contributed by atoms with E-state index in [9.17, 15) is 9.59 Å². The summed E-state index contributed by atoms with van der Waals surface area (Å²) in [5, 5.41) is 8.73. The van der Waals surface area contributed by atoms with Crippen LogP contribution in [0.1, 0.15) is 19.3 Å². The van der Waals surface area contributed by atoms with Crippen molar-refractivity contribution in [3.05, 3.63) is 12.2 Å². The van der Waals surface area contributed by atoms with Gasteiger partial charge in [0.25, 0.3) is 0 Å². The van der Waals surface area contributed by atoms with E-state index in [4.69, 9.17) is 5.11 Å². The molecule has 15 heavy (non-hydrogen) atoms. The third kappa shape index (κ3) is 2.03. The van der Waals surface area contributed by atoms with Gasteiger partial charge < -0.3 is 10.0 Å². The van der Waals surface area contributed by atoms with Gasteiger partial charge in [0.05, 0.1) is 11.8 Å². The SMILES string of the molecule is C=C1CCN(C(=O)C2CC2C(=O)O)CC1. The first-order valence-electron chi connectivity index (χ1n) is 5.28. The maximum Gasteiger partial charge on any atom is 0.307 e. The number of nitrogens with zero attached hydrogens (tertiary/aromatic N) is 1. The zero-order valence-corrected chi connectivity index (χ0v) is 8.61. The highest BCUT2D eigenvalue weighted by Crippen LogP contribution is 2.40. The molecule has 1 saturated heterocycles. The first kappa shape index (κ1) is 10.2. The smallest absolute Gasteiger partial charge is 0.307 e. The van der Waals surface area contributed by atoms with Gasteiger partial charge >= 0.3 is 5.97 Å². The fourth-order valence-electron chi connectivity index (χ4n) is 2.02. The van der Waals surface area contributed by atoms with Crippen molar-refractivity contribution in [1.82, 2.24) is 4.90 Å². The van der Waals surface area contributed by atoms with Gasteiger partial charge in [-0.05, 0) is 19.3 Å². The van der Waals surface area contributed by atoms with Gasteiger partial charge in [-0.25, -0.2) is 0 Å². The average molecular weight is 209 g/mol. The van der Waals surface area contributed by atoms with E-state index in [0.29, 0.717) is 19.5 Å². The monoisotopic (exact) mass is 209 g/mol. The third-order valence-corrected chi connectivity index (χ3v) is 3.21. The second-order valence-corrected chi connectivity index (χ2v) is 4.36. The number of carbonyl (C=O) groups excluding carboxylic acids is 1. The van der Waals surface area contributed by atoms with Crippen LogP contribution in [0, 0.1) is 11.8 Å². The van der Waals surface area contributed by atoms with Crippen LogP contribution in [0.3, 0.4) is 0 Å². The van der Waals surface area contributed by atoms with Crippen LogP contribution in [0.5, 0.6) is 0 Å². The molecule has 1 saturated carbocycles. The molecule has 2 atom stereocenters. The van der Waals surface area contributed by atoms with E-state index in [-0.39, 0.29) is 11.8 Å². The van der Waals surface area contributed by atoms with Crippen molar-refractivity contribution in [2.75, 3.05) is 13.1 Å². The summed E-state index contributed by atoms with van der Waals surface area (Å²) in [7, 11) is 0. The second kappa shape index (κ2) is 3.68. The van der Waals surface area contributed by atoms with Gasteiger partial charge in [-0.3, -0.25) is 9.59 Å². The Bertz CT molecular complexity index is 314. The van der Waals surface area contributed by atoms with E-state index in [1.165, 1.54) is 5.57 Å². The summed E-state index contributed by atoms with van der Waals surface area (Å²) in [6, 6.07) is 0. The third-order valence-electron chi connectivity index (χ3n) is 3.21. The van der Waals surface area contributed by atoms with Gasteiger partial charge in [-0.15, -0.1) is 0 Å². The summed E-state index contributed by atoms with van der Waals surface area (Å²) in [6.07, 6.45) is 2.23. The number of hydrogen-bond donors (Lipinski definition) is 1. The van der Waals surface area contributed by atoms with Gasteiger partial charge in [0.1, 0.15) is 0 Å². The van der Waals surface area contributed by atoms with E-state index in [2.05, 4.69) is 6.58 Å². The van der Waals surface area contributed by atoms with Crippen molar-refractivity contribution < 1.29 is 14.7 Å². The first-order valence-corrected chi connectivity index (χ1v) is 5.28. The van der Waals surface area contributed by atoms with E-state index >= 15 is 0 Å². The average Bonchev–Trinajstić information content (AvgIpc) is 2.97. The summed E-state index contributed by atoms with van der Waals surface area (Å²) in [5.74, 6) is -1.50. The zero-order valence-electron chi connectivity index (χ0n) is 8.61. The number of amides is 1. The van der Waals surface area contributed by atoms with Crippen molar-refractivity contribution in [2.45, 2.75) is 19.3 Å². The minimum atomic E-state index is -0.838. The molecule has 1 heterocycles. The standard InChI is InChI=1S/C11H15NO3/c1-7-2-4-12(5-3-7)10(13)8-6-9(8)11(14)15/h8-9H,1-6H2,(H,14,15). The molecule has 82 valence electrons. The number of rotatable bonds is 2. The second-order valence-electron chi connectivity index (χ2n) is 4.36. The molecular weight excluding hydrogens is 194 g/mol. The quantitative estimate of drug-likeness (QED) is 0.687. The molecular formula is C11H15NO3. The van der Waals surface area contributed by atoms with Crippen LogP contribution in [0.4, 0.5) is 0 Å². The first-order chi connectivity index (χ1) is 7.09. The Morgan fingerprint density at radius 1 is 1.27 bits per heavy atom. The largest absolute Gasteiger partial charge is 0.481 e. The predicted molar refractivity (Wildman–Crippen MR) is 54.2 cm³/mol.